The molecule has 1 heterocycles. The number of rotatable bonds is 7. The lowest BCUT2D eigenvalue weighted by Gasteiger charge is -2.45. The van der Waals surface area contributed by atoms with Crippen molar-refractivity contribution in [1.29, 1.82) is 0 Å². The number of benzene rings is 1. The van der Waals surface area contributed by atoms with Crippen LogP contribution in [-0.2, 0) is 9.53 Å². The van der Waals surface area contributed by atoms with Gasteiger partial charge in [-0.15, -0.1) is 0 Å². The van der Waals surface area contributed by atoms with Crippen molar-refractivity contribution < 1.29 is 9.53 Å². The van der Waals surface area contributed by atoms with Crippen LogP contribution in [0.25, 0.3) is 0 Å². The molecule has 1 aromatic rings. The molecule has 2 fully saturated rings. The predicted molar refractivity (Wildman–Crippen MR) is 105 cm³/mol. The van der Waals surface area contributed by atoms with E-state index in [0.717, 1.165) is 32.5 Å². The van der Waals surface area contributed by atoms with Crippen LogP contribution in [0.4, 0.5) is 0 Å². The van der Waals surface area contributed by atoms with Gasteiger partial charge in [-0.25, -0.2) is 0 Å². The van der Waals surface area contributed by atoms with E-state index in [-0.39, 0.29) is 18.1 Å². The Morgan fingerprint density at radius 3 is 2.58 bits per heavy atom. The minimum Gasteiger partial charge on any atom is -0.365 e. The zero-order valence-corrected chi connectivity index (χ0v) is 16.4. The second kappa shape index (κ2) is 9.52. The molecule has 1 aromatic carbocycles. The Morgan fingerprint density at radius 1 is 1.19 bits per heavy atom. The summed E-state index contributed by atoms with van der Waals surface area (Å²) in [4.78, 5) is 17.9. The fourth-order valence-corrected chi connectivity index (χ4v) is 4.51. The second-order valence-electron chi connectivity index (χ2n) is 7.59. The van der Waals surface area contributed by atoms with Crippen LogP contribution in [0.5, 0.6) is 0 Å². The number of hydrogen-bond donors (Lipinski definition) is 0. The van der Waals surface area contributed by atoms with E-state index in [9.17, 15) is 4.79 Å². The maximum atomic E-state index is 13.4. The molecule has 0 unspecified atom stereocenters. The molecule has 2 aliphatic rings. The van der Waals surface area contributed by atoms with E-state index in [1.807, 2.05) is 11.0 Å². The number of unbranched alkanes of at least 4 members (excludes halogenated alkanes) is 1. The Labute approximate surface area is 158 Å². The van der Waals surface area contributed by atoms with Gasteiger partial charge in [0.15, 0.2) is 6.10 Å². The van der Waals surface area contributed by atoms with Crippen LogP contribution in [0.2, 0.25) is 0 Å². The first-order valence-corrected chi connectivity index (χ1v) is 10.5. The highest BCUT2D eigenvalue weighted by Gasteiger charge is 2.42. The summed E-state index contributed by atoms with van der Waals surface area (Å²) >= 11 is 0. The molecule has 144 valence electrons. The standard InChI is InChI=1S/C22H34N2O2/c1-3-5-15-23(4-2)22(25)21-20(18-11-7-6-8-12-18)24(16-17-26-21)19-13-9-10-14-19/h6-8,11-12,19-21H,3-5,9-10,13-17H2,1-2H3/t20-,21+/m0/s1. The van der Waals surface area contributed by atoms with Crippen LogP contribution in [0.1, 0.15) is 64.0 Å². The highest BCUT2D eigenvalue weighted by atomic mass is 16.5. The van der Waals surface area contributed by atoms with Crippen LogP contribution in [0.15, 0.2) is 30.3 Å². The summed E-state index contributed by atoms with van der Waals surface area (Å²) in [5, 5.41) is 0. The van der Waals surface area contributed by atoms with Crippen molar-refractivity contribution in [3.63, 3.8) is 0 Å². The topological polar surface area (TPSA) is 32.8 Å². The normalized spacial score (nSPS) is 24.7. The zero-order chi connectivity index (χ0) is 18.4. The van der Waals surface area contributed by atoms with Crippen LogP contribution in [0.3, 0.4) is 0 Å². The largest absolute Gasteiger partial charge is 0.365 e. The minimum atomic E-state index is -0.386. The van der Waals surface area contributed by atoms with Gasteiger partial charge in [0.25, 0.3) is 5.91 Å². The minimum absolute atomic E-state index is 0.0382. The van der Waals surface area contributed by atoms with Crippen LogP contribution in [-0.4, -0.2) is 54.1 Å². The summed E-state index contributed by atoms with van der Waals surface area (Å²) in [5.74, 6) is 0.164. The average molecular weight is 359 g/mol. The number of amides is 1. The van der Waals surface area contributed by atoms with Crippen molar-refractivity contribution in [3.05, 3.63) is 35.9 Å². The van der Waals surface area contributed by atoms with Gasteiger partial charge in [-0.2, -0.15) is 0 Å². The molecule has 3 rings (SSSR count). The van der Waals surface area contributed by atoms with E-state index < -0.39 is 0 Å². The molecule has 4 nitrogen and oxygen atoms in total. The summed E-state index contributed by atoms with van der Waals surface area (Å²) in [7, 11) is 0. The molecule has 1 saturated heterocycles. The maximum Gasteiger partial charge on any atom is 0.253 e. The van der Waals surface area contributed by atoms with E-state index in [1.54, 1.807) is 0 Å². The number of ether oxygens (including phenoxy) is 1. The van der Waals surface area contributed by atoms with Crippen LogP contribution >= 0.6 is 0 Å². The first-order chi connectivity index (χ1) is 12.8. The Hall–Kier alpha value is -1.39. The SMILES string of the molecule is CCCCN(CC)C(=O)[C@@H]1OCCN(C2CCCC2)[C@H]1c1ccccc1. The van der Waals surface area contributed by atoms with E-state index in [0.29, 0.717) is 12.6 Å². The Morgan fingerprint density at radius 2 is 1.92 bits per heavy atom. The molecule has 4 heteroatoms. The number of morpholine rings is 1. The third kappa shape index (κ3) is 4.29. The average Bonchev–Trinajstić information content (AvgIpc) is 3.23. The number of nitrogens with zero attached hydrogens (tertiary/aromatic N) is 2. The molecule has 2 atom stereocenters. The molecule has 0 bridgehead atoms. The maximum absolute atomic E-state index is 13.4. The Kier molecular flexibility index (Phi) is 7.09. The Balaban J connectivity index is 1.86. The summed E-state index contributed by atoms with van der Waals surface area (Å²) < 4.78 is 6.13. The quantitative estimate of drug-likeness (QED) is 0.738. The first-order valence-electron chi connectivity index (χ1n) is 10.5. The van der Waals surface area contributed by atoms with E-state index in [2.05, 4.69) is 43.0 Å². The van der Waals surface area contributed by atoms with Gasteiger partial charge < -0.3 is 9.64 Å². The number of likely N-dealkylation sites (N-methyl/N-ethyl adjacent to an activating group) is 1. The van der Waals surface area contributed by atoms with Crippen molar-refractivity contribution in [1.82, 2.24) is 9.80 Å². The number of carbonyl (C=O) groups is 1. The molecule has 1 aliphatic heterocycles. The third-order valence-corrected chi connectivity index (χ3v) is 5.94. The molecule has 1 amide bonds. The molecule has 0 spiro atoms. The summed E-state index contributed by atoms with van der Waals surface area (Å²) in [6.07, 6.45) is 6.87. The van der Waals surface area contributed by atoms with Gasteiger partial charge in [0.1, 0.15) is 0 Å². The lowest BCUT2D eigenvalue weighted by molar-refractivity contribution is -0.159. The van der Waals surface area contributed by atoms with Crippen molar-refractivity contribution in [2.45, 2.75) is 70.6 Å². The summed E-state index contributed by atoms with van der Waals surface area (Å²) in [5.41, 5.74) is 1.21. The zero-order valence-electron chi connectivity index (χ0n) is 16.4. The van der Waals surface area contributed by atoms with Gasteiger partial charge >= 0.3 is 0 Å². The molecule has 0 N–H and O–H groups in total. The lowest BCUT2D eigenvalue weighted by atomic mass is 9.94. The number of hydrogen-bond acceptors (Lipinski definition) is 3. The smallest absolute Gasteiger partial charge is 0.253 e. The van der Waals surface area contributed by atoms with E-state index in [4.69, 9.17) is 4.74 Å². The van der Waals surface area contributed by atoms with Crippen molar-refractivity contribution in [2.24, 2.45) is 0 Å². The Bertz CT molecular complexity index is 557. The highest BCUT2D eigenvalue weighted by molar-refractivity contribution is 5.82. The van der Waals surface area contributed by atoms with Crippen molar-refractivity contribution in [3.8, 4) is 0 Å². The van der Waals surface area contributed by atoms with Gasteiger partial charge in [-0.05, 0) is 31.7 Å². The first kappa shape index (κ1) is 19.4. The van der Waals surface area contributed by atoms with Crippen molar-refractivity contribution in [2.75, 3.05) is 26.2 Å². The summed E-state index contributed by atoms with van der Waals surface area (Å²) in [6, 6.07) is 11.1. The third-order valence-electron chi connectivity index (χ3n) is 5.94. The van der Waals surface area contributed by atoms with Crippen LogP contribution in [0, 0.1) is 0 Å². The summed E-state index contributed by atoms with van der Waals surface area (Å²) in [6.45, 7) is 7.41. The van der Waals surface area contributed by atoms with Gasteiger partial charge in [-0.3, -0.25) is 9.69 Å². The second-order valence-corrected chi connectivity index (χ2v) is 7.59. The molecule has 1 saturated carbocycles. The molecular weight excluding hydrogens is 324 g/mol. The fraction of sp³-hybridized carbons (Fsp3) is 0.682. The van der Waals surface area contributed by atoms with E-state index >= 15 is 0 Å². The molecular formula is C22H34N2O2. The van der Waals surface area contributed by atoms with Gasteiger partial charge in [0.05, 0.1) is 12.6 Å². The number of carbonyl (C=O) groups excluding carboxylic acids is 1. The van der Waals surface area contributed by atoms with Gasteiger partial charge in [0, 0.05) is 25.7 Å². The van der Waals surface area contributed by atoms with Gasteiger partial charge in [-0.1, -0.05) is 56.5 Å². The van der Waals surface area contributed by atoms with Gasteiger partial charge in [0.2, 0.25) is 0 Å². The molecule has 0 aromatic heterocycles. The highest BCUT2D eigenvalue weighted by Crippen LogP contribution is 2.36. The predicted octanol–water partition coefficient (Wildman–Crippen LogP) is 4.02. The molecule has 26 heavy (non-hydrogen) atoms. The lowest BCUT2D eigenvalue weighted by Crippen LogP contribution is -2.55. The van der Waals surface area contributed by atoms with Crippen molar-refractivity contribution >= 4 is 5.91 Å². The fourth-order valence-electron chi connectivity index (χ4n) is 4.51. The van der Waals surface area contributed by atoms with Crippen LogP contribution < -0.4 is 0 Å². The van der Waals surface area contributed by atoms with E-state index in [1.165, 1.54) is 31.2 Å². The molecule has 1 aliphatic carbocycles. The molecule has 0 radical (unpaired) electrons. The monoisotopic (exact) mass is 358 g/mol.